The van der Waals surface area contributed by atoms with Gasteiger partial charge in [0, 0.05) is 11.8 Å². The molecule has 0 N–H and O–H groups in total. The Morgan fingerprint density at radius 2 is 1.73 bits per heavy atom. The number of ether oxygens (including phenoxy) is 1. The van der Waals surface area contributed by atoms with Crippen LogP contribution in [0.1, 0.15) is 20.3 Å². The number of hydrogen-bond donors (Lipinski definition) is 0. The third-order valence-corrected chi connectivity index (χ3v) is 5.94. The van der Waals surface area contributed by atoms with Crippen LogP contribution in [0, 0.1) is 11.7 Å². The molecular formula is C22H23FN2O4S. The summed E-state index contributed by atoms with van der Waals surface area (Å²) in [7, 11) is -3.33. The molecular weight excluding hydrogens is 407 g/mol. The van der Waals surface area contributed by atoms with Crippen molar-refractivity contribution >= 4 is 9.84 Å². The molecule has 8 heteroatoms. The first kappa shape index (κ1) is 21.7. The van der Waals surface area contributed by atoms with E-state index >= 15 is 0 Å². The maximum atomic E-state index is 13.3. The zero-order valence-corrected chi connectivity index (χ0v) is 17.8. The summed E-state index contributed by atoms with van der Waals surface area (Å²) in [6.45, 7) is 4.38. The maximum absolute atomic E-state index is 13.3. The highest BCUT2D eigenvalue weighted by atomic mass is 32.2. The lowest BCUT2D eigenvalue weighted by atomic mass is 10.1. The molecule has 1 unspecified atom stereocenters. The van der Waals surface area contributed by atoms with Gasteiger partial charge in [0.05, 0.1) is 23.4 Å². The third kappa shape index (κ3) is 4.76. The van der Waals surface area contributed by atoms with Crippen molar-refractivity contribution in [3.8, 4) is 22.6 Å². The maximum Gasteiger partial charge on any atom is 0.314 e. The Labute approximate surface area is 174 Å². The average Bonchev–Trinajstić information content (AvgIpc) is 2.72. The van der Waals surface area contributed by atoms with Crippen LogP contribution in [0.5, 0.6) is 5.75 Å². The molecule has 0 fully saturated rings. The van der Waals surface area contributed by atoms with Crippen molar-refractivity contribution in [3.05, 3.63) is 70.9 Å². The van der Waals surface area contributed by atoms with Crippen molar-refractivity contribution in [1.82, 2.24) is 9.78 Å². The lowest BCUT2D eigenvalue weighted by Gasteiger charge is -2.16. The molecule has 1 heterocycles. The van der Waals surface area contributed by atoms with Gasteiger partial charge >= 0.3 is 5.56 Å². The van der Waals surface area contributed by atoms with Crippen molar-refractivity contribution in [2.45, 2.75) is 25.2 Å². The second kappa shape index (κ2) is 8.79. The molecule has 0 amide bonds. The highest BCUT2D eigenvalue weighted by Gasteiger charge is 2.17. The molecule has 0 saturated heterocycles. The molecule has 0 radical (unpaired) electrons. The minimum Gasteiger partial charge on any atom is -0.487 e. The van der Waals surface area contributed by atoms with E-state index in [2.05, 4.69) is 5.10 Å². The average molecular weight is 431 g/mol. The van der Waals surface area contributed by atoms with Crippen LogP contribution in [-0.2, 0) is 9.84 Å². The SMILES string of the molecule is CCC(C)COc1c(-c2ccc(S(C)(=O)=O)cc2)cnn(-c2ccc(F)cc2)c1=O. The van der Waals surface area contributed by atoms with E-state index in [4.69, 9.17) is 4.74 Å². The summed E-state index contributed by atoms with van der Waals surface area (Å²) in [6, 6.07) is 11.6. The van der Waals surface area contributed by atoms with Crippen LogP contribution in [0.2, 0.25) is 0 Å². The van der Waals surface area contributed by atoms with E-state index in [0.717, 1.165) is 17.4 Å². The molecule has 6 nitrogen and oxygen atoms in total. The van der Waals surface area contributed by atoms with E-state index in [1.165, 1.54) is 42.6 Å². The number of rotatable bonds is 7. The van der Waals surface area contributed by atoms with Crippen LogP contribution in [0.15, 0.2) is 64.4 Å². The molecule has 0 aliphatic rings. The predicted molar refractivity (Wildman–Crippen MR) is 113 cm³/mol. The van der Waals surface area contributed by atoms with Crippen molar-refractivity contribution < 1.29 is 17.5 Å². The first-order chi connectivity index (χ1) is 14.2. The normalized spacial score (nSPS) is 12.5. The standard InChI is InChI=1S/C22H23FN2O4S/c1-4-15(2)14-29-21-20(16-5-11-19(12-6-16)30(3,27)28)13-24-25(22(21)26)18-9-7-17(23)8-10-18/h5-13,15H,4,14H2,1-3H3. The first-order valence-electron chi connectivity index (χ1n) is 9.52. The number of benzene rings is 2. The van der Waals surface area contributed by atoms with Gasteiger partial charge in [-0.25, -0.2) is 12.8 Å². The van der Waals surface area contributed by atoms with Gasteiger partial charge in [-0.05, 0) is 47.9 Å². The van der Waals surface area contributed by atoms with Crippen molar-refractivity contribution in [2.75, 3.05) is 12.9 Å². The Balaban J connectivity index is 2.11. The van der Waals surface area contributed by atoms with Crippen LogP contribution in [-0.4, -0.2) is 31.1 Å². The summed E-state index contributed by atoms with van der Waals surface area (Å²) >= 11 is 0. The molecule has 158 valence electrons. The monoisotopic (exact) mass is 430 g/mol. The number of sulfone groups is 1. The van der Waals surface area contributed by atoms with E-state index < -0.39 is 21.2 Å². The van der Waals surface area contributed by atoms with Crippen LogP contribution in [0.4, 0.5) is 4.39 Å². The van der Waals surface area contributed by atoms with Crippen molar-refractivity contribution in [3.63, 3.8) is 0 Å². The summed E-state index contributed by atoms with van der Waals surface area (Å²) in [5.74, 6) is -0.0679. The van der Waals surface area contributed by atoms with Gasteiger partial charge in [-0.1, -0.05) is 32.4 Å². The fourth-order valence-electron chi connectivity index (χ4n) is 2.77. The minimum absolute atomic E-state index is 0.113. The molecule has 2 aromatic carbocycles. The molecule has 0 saturated carbocycles. The molecule has 30 heavy (non-hydrogen) atoms. The summed E-state index contributed by atoms with van der Waals surface area (Å²) in [6.07, 6.45) is 3.51. The molecule has 3 rings (SSSR count). The number of halogens is 1. The quantitative estimate of drug-likeness (QED) is 0.569. The number of hydrogen-bond acceptors (Lipinski definition) is 5. The Morgan fingerprint density at radius 3 is 2.30 bits per heavy atom. The van der Waals surface area contributed by atoms with Crippen molar-refractivity contribution in [2.24, 2.45) is 5.92 Å². The summed E-state index contributed by atoms with van der Waals surface area (Å²) in [4.78, 5) is 13.3. The third-order valence-electron chi connectivity index (χ3n) is 4.81. The van der Waals surface area contributed by atoms with Gasteiger partial charge in [0.2, 0.25) is 0 Å². The number of aromatic nitrogens is 2. The van der Waals surface area contributed by atoms with E-state index in [9.17, 15) is 17.6 Å². The molecule has 0 bridgehead atoms. The van der Waals surface area contributed by atoms with Gasteiger partial charge in [-0.15, -0.1) is 0 Å². The van der Waals surface area contributed by atoms with E-state index in [1.807, 2.05) is 13.8 Å². The zero-order valence-electron chi connectivity index (χ0n) is 17.0. The molecule has 0 aliphatic carbocycles. The Hall–Kier alpha value is -3.00. The van der Waals surface area contributed by atoms with E-state index in [-0.39, 0.29) is 16.6 Å². The zero-order chi connectivity index (χ0) is 21.9. The lowest BCUT2D eigenvalue weighted by molar-refractivity contribution is 0.253. The Bertz CT molecular complexity index is 1190. The van der Waals surface area contributed by atoms with Gasteiger partial charge in [0.15, 0.2) is 15.6 Å². The predicted octanol–water partition coefficient (Wildman–Crippen LogP) is 3.87. The van der Waals surface area contributed by atoms with Crippen molar-refractivity contribution in [1.29, 1.82) is 0 Å². The van der Waals surface area contributed by atoms with E-state index in [0.29, 0.717) is 23.4 Å². The minimum atomic E-state index is -3.33. The second-order valence-corrected chi connectivity index (χ2v) is 9.22. The highest BCUT2D eigenvalue weighted by Crippen LogP contribution is 2.28. The largest absolute Gasteiger partial charge is 0.487 e. The second-order valence-electron chi connectivity index (χ2n) is 7.20. The summed E-state index contributed by atoms with van der Waals surface area (Å²) in [5, 5.41) is 4.22. The van der Waals surface area contributed by atoms with Crippen LogP contribution < -0.4 is 10.3 Å². The molecule has 0 aliphatic heterocycles. The lowest BCUT2D eigenvalue weighted by Crippen LogP contribution is -2.25. The topological polar surface area (TPSA) is 78.3 Å². The van der Waals surface area contributed by atoms with Gasteiger partial charge in [0.1, 0.15) is 5.82 Å². The first-order valence-corrected chi connectivity index (χ1v) is 11.4. The molecule has 1 atom stereocenters. The Kier molecular flexibility index (Phi) is 6.36. The highest BCUT2D eigenvalue weighted by molar-refractivity contribution is 7.90. The van der Waals surface area contributed by atoms with E-state index in [1.54, 1.807) is 12.1 Å². The summed E-state index contributed by atoms with van der Waals surface area (Å²) < 4.78 is 43.7. The fraction of sp³-hybridized carbons (Fsp3) is 0.273. The van der Waals surface area contributed by atoms with Gasteiger partial charge < -0.3 is 4.74 Å². The van der Waals surface area contributed by atoms with Gasteiger partial charge in [-0.3, -0.25) is 4.79 Å². The smallest absolute Gasteiger partial charge is 0.314 e. The molecule has 0 spiro atoms. The van der Waals surface area contributed by atoms with Crippen LogP contribution in [0.3, 0.4) is 0 Å². The van der Waals surface area contributed by atoms with Gasteiger partial charge in [0.25, 0.3) is 0 Å². The fourth-order valence-corrected chi connectivity index (χ4v) is 3.40. The molecule has 1 aromatic heterocycles. The van der Waals surface area contributed by atoms with Crippen LogP contribution >= 0.6 is 0 Å². The summed E-state index contributed by atoms with van der Waals surface area (Å²) in [5.41, 5.74) is 1.00. The van der Waals surface area contributed by atoms with Gasteiger partial charge in [-0.2, -0.15) is 9.78 Å². The molecule has 3 aromatic rings. The Morgan fingerprint density at radius 1 is 1.10 bits per heavy atom. The van der Waals surface area contributed by atoms with Crippen LogP contribution in [0.25, 0.3) is 16.8 Å². The number of nitrogens with zero attached hydrogens (tertiary/aromatic N) is 2.